The molecule has 6 heteroatoms. The Morgan fingerprint density at radius 1 is 1.42 bits per heavy atom. The molecule has 1 aliphatic rings. The van der Waals surface area contributed by atoms with Crippen LogP contribution in [0.25, 0.3) is 0 Å². The largest absolute Gasteiger partial charge is 0.478 e. The van der Waals surface area contributed by atoms with E-state index in [0.717, 1.165) is 18.6 Å². The smallest absolute Gasteiger partial charge is 0.340 e. The van der Waals surface area contributed by atoms with E-state index in [1.165, 1.54) is 11.8 Å². The molecule has 2 atom stereocenters. The Bertz CT molecular complexity index is 493. The SMILES string of the molecule is Cc1nc(C)c(C(=O)O)c(SCC2CCC(C)O2)n1. The van der Waals surface area contributed by atoms with Gasteiger partial charge in [-0.25, -0.2) is 14.8 Å². The van der Waals surface area contributed by atoms with E-state index in [2.05, 4.69) is 16.9 Å². The van der Waals surface area contributed by atoms with Crippen molar-refractivity contribution < 1.29 is 14.6 Å². The summed E-state index contributed by atoms with van der Waals surface area (Å²) in [5, 5.41) is 9.79. The van der Waals surface area contributed by atoms with Gasteiger partial charge < -0.3 is 9.84 Å². The normalized spacial score (nSPS) is 22.7. The summed E-state index contributed by atoms with van der Waals surface area (Å²) in [7, 11) is 0. The average molecular weight is 282 g/mol. The summed E-state index contributed by atoms with van der Waals surface area (Å²) in [6, 6.07) is 0. The van der Waals surface area contributed by atoms with E-state index < -0.39 is 5.97 Å². The van der Waals surface area contributed by atoms with E-state index in [-0.39, 0.29) is 11.7 Å². The molecule has 1 saturated heterocycles. The number of aromatic carboxylic acids is 1. The van der Waals surface area contributed by atoms with Gasteiger partial charge in [-0.15, -0.1) is 11.8 Å². The Balaban J connectivity index is 2.12. The molecule has 1 N–H and O–H groups in total. The van der Waals surface area contributed by atoms with Crippen molar-refractivity contribution in [1.82, 2.24) is 9.97 Å². The van der Waals surface area contributed by atoms with E-state index in [9.17, 15) is 9.90 Å². The van der Waals surface area contributed by atoms with Crippen LogP contribution in [0, 0.1) is 13.8 Å². The van der Waals surface area contributed by atoms with Crippen LogP contribution in [0.15, 0.2) is 5.03 Å². The molecule has 0 aromatic carbocycles. The molecule has 1 fully saturated rings. The van der Waals surface area contributed by atoms with Crippen LogP contribution in [0.4, 0.5) is 0 Å². The fourth-order valence-corrected chi connectivity index (χ4v) is 3.38. The number of rotatable bonds is 4. The molecule has 0 aliphatic carbocycles. The number of aromatic nitrogens is 2. The second-order valence-corrected chi connectivity index (χ2v) is 5.81. The molecule has 0 spiro atoms. The maximum Gasteiger partial charge on any atom is 0.340 e. The molecule has 1 aromatic rings. The predicted molar refractivity (Wildman–Crippen MR) is 72.8 cm³/mol. The number of hydrogen-bond donors (Lipinski definition) is 1. The number of nitrogens with zero attached hydrogens (tertiary/aromatic N) is 2. The summed E-state index contributed by atoms with van der Waals surface area (Å²) in [5.41, 5.74) is 0.727. The molecular weight excluding hydrogens is 264 g/mol. The Hall–Kier alpha value is -1.14. The molecule has 0 bridgehead atoms. The Labute approximate surface area is 116 Å². The number of carboxylic acid groups (broad SMARTS) is 1. The molecule has 2 heterocycles. The van der Waals surface area contributed by atoms with Crippen LogP contribution in [-0.2, 0) is 4.74 Å². The maximum atomic E-state index is 11.3. The predicted octanol–water partition coefficient (Wildman–Crippen LogP) is 2.45. The zero-order valence-electron chi connectivity index (χ0n) is 11.3. The summed E-state index contributed by atoms with van der Waals surface area (Å²) >= 11 is 1.45. The first-order valence-corrected chi connectivity index (χ1v) is 7.32. The number of ether oxygens (including phenoxy) is 1. The van der Waals surface area contributed by atoms with Crippen LogP contribution < -0.4 is 0 Å². The lowest BCUT2D eigenvalue weighted by Crippen LogP contribution is -2.13. The van der Waals surface area contributed by atoms with E-state index in [1.807, 2.05) is 0 Å². The van der Waals surface area contributed by atoms with Crippen LogP contribution in [0.3, 0.4) is 0 Å². The molecule has 2 rings (SSSR count). The van der Waals surface area contributed by atoms with Crippen LogP contribution in [0.1, 0.15) is 41.6 Å². The van der Waals surface area contributed by atoms with Gasteiger partial charge in [-0.3, -0.25) is 0 Å². The lowest BCUT2D eigenvalue weighted by molar-refractivity contribution is 0.0683. The van der Waals surface area contributed by atoms with Gasteiger partial charge in [0.2, 0.25) is 0 Å². The third-order valence-corrected chi connectivity index (χ3v) is 4.22. The fourth-order valence-electron chi connectivity index (χ4n) is 2.21. The molecule has 0 radical (unpaired) electrons. The highest BCUT2D eigenvalue weighted by Gasteiger charge is 2.24. The maximum absolute atomic E-state index is 11.3. The van der Waals surface area contributed by atoms with Crippen LogP contribution in [0.2, 0.25) is 0 Å². The molecule has 104 valence electrons. The van der Waals surface area contributed by atoms with Gasteiger partial charge in [-0.05, 0) is 33.6 Å². The summed E-state index contributed by atoms with van der Waals surface area (Å²) in [6.45, 7) is 5.54. The second-order valence-electron chi connectivity index (χ2n) is 4.80. The topological polar surface area (TPSA) is 72.3 Å². The Kier molecular flexibility index (Phi) is 4.42. The highest BCUT2D eigenvalue weighted by atomic mass is 32.2. The van der Waals surface area contributed by atoms with Gasteiger partial charge in [-0.1, -0.05) is 0 Å². The molecule has 0 saturated carbocycles. The first-order chi connectivity index (χ1) is 8.97. The Morgan fingerprint density at radius 2 is 2.16 bits per heavy atom. The van der Waals surface area contributed by atoms with Crippen molar-refractivity contribution in [2.45, 2.75) is 50.8 Å². The van der Waals surface area contributed by atoms with Gasteiger partial charge >= 0.3 is 5.97 Å². The van der Waals surface area contributed by atoms with E-state index in [1.54, 1.807) is 13.8 Å². The van der Waals surface area contributed by atoms with Crippen molar-refractivity contribution >= 4 is 17.7 Å². The standard InChI is InChI=1S/C13H18N2O3S/c1-7-4-5-10(18-7)6-19-12-11(13(16)17)8(2)14-9(3)15-12/h7,10H,4-6H2,1-3H3,(H,16,17). The number of hydrogen-bond acceptors (Lipinski definition) is 5. The highest BCUT2D eigenvalue weighted by molar-refractivity contribution is 7.99. The molecule has 5 nitrogen and oxygen atoms in total. The molecule has 2 unspecified atom stereocenters. The molecule has 1 aromatic heterocycles. The summed E-state index contributed by atoms with van der Waals surface area (Å²) in [5.74, 6) is 0.368. The van der Waals surface area contributed by atoms with Gasteiger partial charge in [-0.2, -0.15) is 0 Å². The molecule has 0 amide bonds. The first-order valence-electron chi connectivity index (χ1n) is 6.34. The van der Waals surface area contributed by atoms with Crippen molar-refractivity contribution in [2.75, 3.05) is 5.75 Å². The lowest BCUT2D eigenvalue weighted by Gasteiger charge is -2.12. The van der Waals surface area contributed by atoms with Gasteiger partial charge in [0.25, 0.3) is 0 Å². The van der Waals surface area contributed by atoms with Gasteiger partial charge in [0.1, 0.15) is 16.4 Å². The van der Waals surface area contributed by atoms with Crippen molar-refractivity contribution in [2.24, 2.45) is 0 Å². The summed E-state index contributed by atoms with van der Waals surface area (Å²) in [6.07, 6.45) is 2.59. The van der Waals surface area contributed by atoms with E-state index in [0.29, 0.717) is 22.6 Å². The number of carboxylic acids is 1. The van der Waals surface area contributed by atoms with Crippen molar-refractivity contribution in [3.05, 3.63) is 17.1 Å². The quantitative estimate of drug-likeness (QED) is 0.675. The number of carbonyl (C=O) groups is 1. The fraction of sp³-hybridized carbons (Fsp3) is 0.615. The van der Waals surface area contributed by atoms with Crippen LogP contribution in [0.5, 0.6) is 0 Å². The average Bonchev–Trinajstić information content (AvgIpc) is 2.71. The third-order valence-electron chi connectivity index (χ3n) is 3.11. The van der Waals surface area contributed by atoms with Crippen molar-refractivity contribution in [3.63, 3.8) is 0 Å². The number of aryl methyl sites for hydroxylation is 2. The van der Waals surface area contributed by atoms with Gasteiger partial charge in [0, 0.05) is 5.75 Å². The molecular formula is C13H18N2O3S. The monoisotopic (exact) mass is 282 g/mol. The summed E-state index contributed by atoms with van der Waals surface area (Å²) < 4.78 is 5.73. The van der Waals surface area contributed by atoms with Crippen molar-refractivity contribution in [3.8, 4) is 0 Å². The minimum absolute atomic E-state index is 0.192. The van der Waals surface area contributed by atoms with Gasteiger partial charge in [0.05, 0.1) is 17.9 Å². The van der Waals surface area contributed by atoms with E-state index in [4.69, 9.17) is 4.74 Å². The van der Waals surface area contributed by atoms with Crippen LogP contribution >= 0.6 is 11.8 Å². The van der Waals surface area contributed by atoms with E-state index >= 15 is 0 Å². The minimum atomic E-state index is -0.972. The molecule has 19 heavy (non-hydrogen) atoms. The first kappa shape index (κ1) is 14.3. The lowest BCUT2D eigenvalue weighted by atomic mass is 10.2. The zero-order chi connectivity index (χ0) is 14.0. The van der Waals surface area contributed by atoms with Gasteiger partial charge in [0.15, 0.2) is 0 Å². The summed E-state index contributed by atoms with van der Waals surface area (Å²) in [4.78, 5) is 19.6. The highest BCUT2D eigenvalue weighted by Crippen LogP contribution is 2.28. The Morgan fingerprint density at radius 3 is 2.74 bits per heavy atom. The third kappa shape index (κ3) is 3.45. The zero-order valence-corrected chi connectivity index (χ0v) is 12.2. The van der Waals surface area contributed by atoms with Crippen LogP contribution in [-0.4, -0.2) is 39.0 Å². The minimum Gasteiger partial charge on any atom is -0.478 e. The van der Waals surface area contributed by atoms with Crippen molar-refractivity contribution in [1.29, 1.82) is 0 Å². The number of thioether (sulfide) groups is 1. The molecule has 1 aliphatic heterocycles. The second kappa shape index (κ2) is 5.88.